The number of carboxylic acids is 1. The molecule has 0 aliphatic rings. The minimum Gasteiger partial charge on any atom is -0.478 e. The van der Waals surface area contributed by atoms with E-state index in [9.17, 15) is 18.0 Å². The van der Waals surface area contributed by atoms with E-state index in [4.69, 9.17) is 5.11 Å². The van der Waals surface area contributed by atoms with E-state index in [1.807, 2.05) is 0 Å². The Kier molecular flexibility index (Phi) is 4.89. The molecule has 2 aromatic rings. The highest BCUT2D eigenvalue weighted by Crippen LogP contribution is 2.22. The molecule has 0 saturated heterocycles. The molecule has 0 aliphatic heterocycles. The highest BCUT2D eigenvalue weighted by Gasteiger charge is 2.18. The fourth-order valence-corrected chi connectivity index (χ4v) is 3.14. The number of sulfonamides is 1. The van der Waals surface area contributed by atoms with E-state index in [-0.39, 0.29) is 21.7 Å². The third kappa shape index (κ3) is 3.72. The number of anilines is 1. The molecule has 0 spiro atoms. The minimum atomic E-state index is -4.01. The van der Waals surface area contributed by atoms with E-state index in [0.29, 0.717) is 5.56 Å². The Hall–Kier alpha value is -2.87. The molecule has 0 saturated carbocycles. The number of benzene rings is 2. The van der Waals surface area contributed by atoms with Crippen LogP contribution in [0.15, 0.2) is 47.4 Å². The molecular formula is C16H15NO6S. The predicted octanol–water partition coefficient (Wildman–Crippen LogP) is 2.28. The number of ether oxygens (including phenoxy) is 1. The highest BCUT2D eigenvalue weighted by atomic mass is 32.2. The monoisotopic (exact) mass is 349 g/mol. The zero-order chi connectivity index (χ0) is 17.9. The number of nitrogens with one attached hydrogen (secondary N) is 1. The summed E-state index contributed by atoms with van der Waals surface area (Å²) in [5.41, 5.74) is 0.859. The maximum absolute atomic E-state index is 12.5. The van der Waals surface area contributed by atoms with Crippen molar-refractivity contribution in [3.8, 4) is 0 Å². The summed E-state index contributed by atoms with van der Waals surface area (Å²) >= 11 is 0. The SMILES string of the molecule is COC(=O)c1ccc(C)c(NS(=O)(=O)c2cccc(C(=O)O)c2)c1. The Morgan fingerprint density at radius 3 is 2.42 bits per heavy atom. The van der Waals surface area contributed by atoms with Crippen LogP contribution in [0.2, 0.25) is 0 Å². The van der Waals surface area contributed by atoms with Gasteiger partial charge in [-0.25, -0.2) is 18.0 Å². The molecule has 0 bridgehead atoms. The molecule has 8 heteroatoms. The van der Waals surface area contributed by atoms with Gasteiger partial charge in [0.15, 0.2) is 0 Å². The van der Waals surface area contributed by atoms with Crippen LogP contribution in [0, 0.1) is 6.92 Å². The van der Waals surface area contributed by atoms with Crippen molar-refractivity contribution in [1.82, 2.24) is 0 Å². The van der Waals surface area contributed by atoms with E-state index >= 15 is 0 Å². The summed E-state index contributed by atoms with van der Waals surface area (Å²) in [6, 6.07) is 9.44. The van der Waals surface area contributed by atoms with Crippen molar-refractivity contribution in [2.45, 2.75) is 11.8 Å². The predicted molar refractivity (Wildman–Crippen MR) is 86.7 cm³/mol. The van der Waals surface area contributed by atoms with Crippen molar-refractivity contribution in [3.63, 3.8) is 0 Å². The van der Waals surface area contributed by atoms with Gasteiger partial charge in [-0.05, 0) is 42.8 Å². The van der Waals surface area contributed by atoms with Gasteiger partial charge in [-0.1, -0.05) is 12.1 Å². The Morgan fingerprint density at radius 2 is 1.79 bits per heavy atom. The van der Waals surface area contributed by atoms with Crippen LogP contribution >= 0.6 is 0 Å². The van der Waals surface area contributed by atoms with Gasteiger partial charge in [0, 0.05) is 0 Å². The first-order valence-electron chi connectivity index (χ1n) is 6.80. The standard InChI is InChI=1S/C16H15NO6S/c1-10-6-7-12(16(20)23-2)9-14(10)17-24(21,22)13-5-3-4-11(8-13)15(18)19/h3-9,17H,1-2H3,(H,18,19). The molecule has 0 heterocycles. The molecule has 0 aliphatic carbocycles. The first kappa shape index (κ1) is 17.5. The summed E-state index contributed by atoms with van der Waals surface area (Å²) in [5.74, 6) is -1.82. The lowest BCUT2D eigenvalue weighted by atomic mass is 10.1. The third-order valence-electron chi connectivity index (χ3n) is 3.29. The normalized spacial score (nSPS) is 10.9. The molecule has 0 atom stereocenters. The number of methoxy groups -OCH3 is 1. The number of esters is 1. The maximum atomic E-state index is 12.5. The lowest BCUT2D eigenvalue weighted by Crippen LogP contribution is -2.15. The first-order chi connectivity index (χ1) is 11.2. The third-order valence-corrected chi connectivity index (χ3v) is 4.66. The average molecular weight is 349 g/mol. The van der Waals surface area contributed by atoms with Gasteiger partial charge in [-0.3, -0.25) is 4.72 Å². The number of aromatic carboxylic acids is 1. The van der Waals surface area contributed by atoms with Gasteiger partial charge >= 0.3 is 11.9 Å². The minimum absolute atomic E-state index is 0.141. The topological polar surface area (TPSA) is 110 Å². The summed E-state index contributed by atoms with van der Waals surface area (Å²) in [6.45, 7) is 1.67. The summed E-state index contributed by atoms with van der Waals surface area (Å²) in [5, 5.41) is 8.97. The Labute approximate surface area is 138 Å². The van der Waals surface area contributed by atoms with Crippen molar-refractivity contribution in [3.05, 3.63) is 59.2 Å². The molecule has 126 valence electrons. The number of carboxylic acid groups (broad SMARTS) is 1. The van der Waals surface area contributed by atoms with Crippen molar-refractivity contribution in [1.29, 1.82) is 0 Å². The number of hydrogen-bond donors (Lipinski definition) is 2. The Morgan fingerprint density at radius 1 is 1.08 bits per heavy atom. The summed E-state index contributed by atoms with van der Waals surface area (Å²) in [6.07, 6.45) is 0. The molecule has 7 nitrogen and oxygen atoms in total. The summed E-state index contributed by atoms with van der Waals surface area (Å²) in [7, 11) is -2.78. The Bertz CT molecular complexity index is 905. The zero-order valence-corrected chi connectivity index (χ0v) is 13.8. The number of carbonyl (C=O) groups excluding carboxylic acids is 1. The second kappa shape index (κ2) is 6.71. The van der Waals surface area contributed by atoms with Crippen LogP contribution in [0.3, 0.4) is 0 Å². The number of rotatable bonds is 5. The van der Waals surface area contributed by atoms with E-state index in [2.05, 4.69) is 9.46 Å². The van der Waals surface area contributed by atoms with E-state index in [1.165, 1.54) is 37.4 Å². The van der Waals surface area contributed by atoms with Gasteiger partial charge in [0.05, 0.1) is 28.8 Å². The van der Waals surface area contributed by atoms with Crippen molar-refractivity contribution >= 4 is 27.6 Å². The maximum Gasteiger partial charge on any atom is 0.337 e. The van der Waals surface area contributed by atoms with Gasteiger partial charge in [-0.15, -0.1) is 0 Å². The molecule has 0 fully saturated rings. The van der Waals surface area contributed by atoms with Gasteiger partial charge in [0.2, 0.25) is 0 Å². The zero-order valence-electron chi connectivity index (χ0n) is 12.9. The largest absolute Gasteiger partial charge is 0.478 e. The number of carbonyl (C=O) groups is 2. The molecule has 0 amide bonds. The molecule has 0 aromatic heterocycles. The molecule has 2 N–H and O–H groups in total. The van der Waals surface area contributed by atoms with E-state index in [1.54, 1.807) is 13.0 Å². The quantitative estimate of drug-likeness (QED) is 0.802. The van der Waals surface area contributed by atoms with Gasteiger partial charge < -0.3 is 9.84 Å². The van der Waals surface area contributed by atoms with Crippen molar-refractivity contribution in [2.24, 2.45) is 0 Å². The van der Waals surface area contributed by atoms with Crippen molar-refractivity contribution < 1.29 is 27.9 Å². The van der Waals surface area contributed by atoms with Crippen LogP contribution in [-0.2, 0) is 14.8 Å². The molecule has 24 heavy (non-hydrogen) atoms. The highest BCUT2D eigenvalue weighted by molar-refractivity contribution is 7.92. The second-order valence-electron chi connectivity index (χ2n) is 4.96. The lowest BCUT2D eigenvalue weighted by molar-refractivity contribution is 0.0600. The molecule has 0 unspecified atom stereocenters. The van der Waals surface area contributed by atoms with Crippen LogP contribution in [0.1, 0.15) is 26.3 Å². The number of hydrogen-bond acceptors (Lipinski definition) is 5. The van der Waals surface area contributed by atoms with Crippen LogP contribution in [-0.4, -0.2) is 32.6 Å². The fraction of sp³-hybridized carbons (Fsp3) is 0.125. The van der Waals surface area contributed by atoms with Crippen molar-refractivity contribution in [2.75, 3.05) is 11.8 Å². The van der Waals surface area contributed by atoms with Gasteiger partial charge in [-0.2, -0.15) is 0 Å². The molecule has 2 rings (SSSR count). The smallest absolute Gasteiger partial charge is 0.337 e. The van der Waals surface area contributed by atoms with Gasteiger partial charge in [0.1, 0.15) is 0 Å². The van der Waals surface area contributed by atoms with Crippen LogP contribution in [0.4, 0.5) is 5.69 Å². The average Bonchev–Trinajstić information content (AvgIpc) is 2.56. The summed E-state index contributed by atoms with van der Waals surface area (Å²) in [4.78, 5) is 22.4. The van der Waals surface area contributed by atoms with Gasteiger partial charge in [0.25, 0.3) is 10.0 Å². The van der Waals surface area contributed by atoms with Crippen LogP contribution in [0.25, 0.3) is 0 Å². The van der Waals surface area contributed by atoms with E-state index < -0.39 is 22.0 Å². The molecular weight excluding hydrogens is 334 g/mol. The summed E-state index contributed by atoms with van der Waals surface area (Å²) < 4.78 is 31.9. The Balaban J connectivity index is 2.41. The number of aryl methyl sites for hydroxylation is 1. The molecule has 0 radical (unpaired) electrons. The van der Waals surface area contributed by atoms with Crippen LogP contribution < -0.4 is 4.72 Å². The molecule has 2 aromatic carbocycles. The second-order valence-corrected chi connectivity index (χ2v) is 6.64. The fourth-order valence-electron chi connectivity index (χ4n) is 1.98. The first-order valence-corrected chi connectivity index (χ1v) is 8.28. The van der Waals surface area contributed by atoms with Crippen LogP contribution in [0.5, 0.6) is 0 Å². The lowest BCUT2D eigenvalue weighted by Gasteiger charge is -2.12. The van der Waals surface area contributed by atoms with E-state index in [0.717, 1.165) is 6.07 Å².